The van der Waals surface area contributed by atoms with Crippen molar-refractivity contribution in [2.45, 2.75) is 26.2 Å². The second-order valence-corrected chi connectivity index (χ2v) is 5.38. The molecule has 1 unspecified atom stereocenters. The molecule has 21 heavy (non-hydrogen) atoms. The molecule has 1 heterocycles. The molecule has 112 valence electrons. The van der Waals surface area contributed by atoms with E-state index < -0.39 is 11.9 Å². The van der Waals surface area contributed by atoms with Crippen molar-refractivity contribution in [2.24, 2.45) is 5.92 Å². The average molecular weight is 289 g/mol. The minimum atomic E-state index is -0.454. The van der Waals surface area contributed by atoms with Crippen LogP contribution in [-0.4, -0.2) is 21.2 Å². The van der Waals surface area contributed by atoms with Gasteiger partial charge >= 0.3 is 5.97 Å². The van der Waals surface area contributed by atoms with Crippen LogP contribution in [0, 0.1) is 5.92 Å². The number of hydrogen-bond acceptors (Lipinski definition) is 4. The quantitative estimate of drug-likeness (QED) is 0.738. The summed E-state index contributed by atoms with van der Waals surface area (Å²) < 4.78 is 5.20. The summed E-state index contributed by atoms with van der Waals surface area (Å²) in [7, 11) is 0. The molecule has 0 saturated heterocycles. The van der Waals surface area contributed by atoms with E-state index in [2.05, 4.69) is 4.98 Å². The second-order valence-electron chi connectivity index (χ2n) is 5.38. The van der Waals surface area contributed by atoms with Crippen molar-refractivity contribution < 1.29 is 19.7 Å². The summed E-state index contributed by atoms with van der Waals surface area (Å²) in [5.41, 5.74) is 0.871. The van der Waals surface area contributed by atoms with Crippen LogP contribution in [0.5, 0.6) is 17.5 Å². The number of carbonyl (C=O) groups is 1. The van der Waals surface area contributed by atoms with Gasteiger partial charge in [-0.3, -0.25) is 9.78 Å². The molecular formula is C16H19NO4. The van der Waals surface area contributed by atoms with Crippen molar-refractivity contribution in [1.82, 2.24) is 4.98 Å². The van der Waals surface area contributed by atoms with E-state index in [0.29, 0.717) is 12.3 Å². The largest absolute Gasteiger partial charge is 0.494 e. The fraction of sp³-hybridized carbons (Fsp3) is 0.312. The molecule has 5 nitrogen and oxygen atoms in total. The molecule has 0 amide bonds. The number of benzene rings is 1. The first-order valence-electron chi connectivity index (χ1n) is 6.85. The minimum absolute atomic E-state index is 0.0674. The fourth-order valence-electron chi connectivity index (χ4n) is 2.19. The zero-order chi connectivity index (χ0) is 15.4. The van der Waals surface area contributed by atoms with E-state index >= 15 is 0 Å². The van der Waals surface area contributed by atoms with E-state index in [4.69, 9.17) is 4.74 Å². The van der Waals surface area contributed by atoms with Crippen LogP contribution in [0.4, 0.5) is 0 Å². The van der Waals surface area contributed by atoms with E-state index in [1.54, 1.807) is 0 Å². The summed E-state index contributed by atoms with van der Waals surface area (Å²) >= 11 is 0. The molecule has 0 aliphatic carbocycles. The van der Waals surface area contributed by atoms with Crippen molar-refractivity contribution in [3.05, 3.63) is 42.0 Å². The Morgan fingerprint density at radius 2 is 1.90 bits per heavy atom. The van der Waals surface area contributed by atoms with E-state index in [9.17, 15) is 15.0 Å². The average Bonchev–Trinajstić information content (AvgIpc) is 2.75. The molecule has 0 radical (unpaired) electrons. The van der Waals surface area contributed by atoms with Gasteiger partial charge in [0.15, 0.2) is 11.6 Å². The van der Waals surface area contributed by atoms with Crippen molar-refractivity contribution in [2.75, 3.05) is 0 Å². The number of H-pyrrole nitrogens is 1. The smallest absolute Gasteiger partial charge is 0.319 e. The van der Waals surface area contributed by atoms with Gasteiger partial charge in [0.05, 0.1) is 5.92 Å². The highest BCUT2D eigenvalue weighted by molar-refractivity contribution is 5.80. The van der Waals surface area contributed by atoms with E-state index in [-0.39, 0.29) is 17.5 Å². The molecule has 1 aromatic heterocycles. The van der Waals surface area contributed by atoms with Gasteiger partial charge in [0.25, 0.3) is 0 Å². The molecule has 5 heteroatoms. The van der Waals surface area contributed by atoms with Crippen LogP contribution in [0.2, 0.25) is 0 Å². The van der Waals surface area contributed by atoms with Crippen molar-refractivity contribution in [1.29, 1.82) is 0 Å². The third kappa shape index (κ3) is 3.78. The highest BCUT2D eigenvalue weighted by atomic mass is 16.5. The van der Waals surface area contributed by atoms with E-state index in [0.717, 1.165) is 5.56 Å². The number of aromatic hydroxyl groups is 2. The first-order chi connectivity index (χ1) is 9.97. The van der Waals surface area contributed by atoms with E-state index in [1.807, 2.05) is 44.2 Å². The molecule has 0 aliphatic heterocycles. The third-order valence-corrected chi connectivity index (χ3v) is 3.15. The van der Waals surface area contributed by atoms with Gasteiger partial charge in [-0.2, -0.15) is 0 Å². The lowest BCUT2D eigenvalue weighted by Crippen LogP contribution is -2.20. The highest BCUT2D eigenvalue weighted by Crippen LogP contribution is 2.32. The first kappa shape index (κ1) is 15.0. The summed E-state index contributed by atoms with van der Waals surface area (Å²) in [5, 5.41) is 18.8. The van der Waals surface area contributed by atoms with Crippen molar-refractivity contribution in [3.8, 4) is 17.5 Å². The molecule has 1 atom stereocenters. The maximum Gasteiger partial charge on any atom is 0.319 e. The predicted octanol–water partition coefficient (Wildman–Crippen LogP) is 3.16. The number of nitrogens with one attached hydrogen (secondary N) is 1. The predicted molar refractivity (Wildman–Crippen MR) is 78.4 cm³/mol. The van der Waals surface area contributed by atoms with Crippen LogP contribution in [0.3, 0.4) is 0 Å². The monoisotopic (exact) mass is 289 g/mol. The van der Waals surface area contributed by atoms with Crippen LogP contribution in [0.1, 0.15) is 31.7 Å². The summed E-state index contributed by atoms with van der Waals surface area (Å²) in [6, 6.07) is 10.6. The Morgan fingerprint density at radius 1 is 1.24 bits per heavy atom. The molecule has 0 fully saturated rings. The minimum Gasteiger partial charge on any atom is -0.494 e. The topological polar surface area (TPSA) is 82.5 Å². The van der Waals surface area contributed by atoms with Crippen LogP contribution in [-0.2, 0) is 4.79 Å². The molecule has 3 N–H and O–H groups in total. The van der Waals surface area contributed by atoms with Crippen molar-refractivity contribution in [3.63, 3.8) is 0 Å². The molecule has 0 aliphatic rings. The van der Waals surface area contributed by atoms with Crippen LogP contribution < -0.4 is 4.74 Å². The Hall–Kier alpha value is -2.43. The van der Waals surface area contributed by atoms with Gasteiger partial charge in [-0.25, -0.2) is 0 Å². The number of rotatable bonds is 5. The molecule has 0 saturated carbocycles. The number of carbonyl (C=O) groups excluding carboxylic acids is 1. The fourth-order valence-corrected chi connectivity index (χ4v) is 2.19. The number of esters is 1. The SMILES string of the molecule is CC(C)CC(C(=O)Oc1cc(O)[nH]c1O)c1ccccc1. The lowest BCUT2D eigenvalue weighted by molar-refractivity contribution is -0.136. The maximum absolute atomic E-state index is 12.4. The number of ether oxygens (including phenoxy) is 1. The highest BCUT2D eigenvalue weighted by Gasteiger charge is 2.25. The lowest BCUT2D eigenvalue weighted by Gasteiger charge is -2.17. The third-order valence-electron chi connectivity index (χ3n) is 3.15. The standard InChI is InChI=1S/C16H19NO4/c1-10(2)8-12(11-6-4-3-5-7-11)16(20)21-13-9-14(18)17-15(13)19/h3-7,9-10,12,17-19H,8H2,1-2H3. The lowest BCUT2D eigenvalue weighted by atomic mass is 9.90. The Kier molecular flexibility index (Phi) is 4.52. The molecule has 2 rings (SSSR count). The van der Waals surface area contributed by atoms with Crippen LogP contribution >= 0.6 is 0 Å². The summed E-state index contributed by atoms with van der Waals surface area (Å²) in [6.45, 7) is 4.06. The number of hydrogen-bond donors (Lipinski definition) is 3. The summed E-state index contributed by atoms with van der Waals surface area (Å²) in [5.74, 6) is -1.24. The molecular weight excluding hydrogens is 270 g/mol. The summed E-state index contributed by atoms with van der Waals surface area (Å²) in [6.07, 6.45) is 0.639. The number of aromatic amines is 1. The Labute approximate surface area is 123 Å². The van der Waals surface area contributed by atoms with E-state index in [1.165, 1.54) is 6.07 Å². The van der Waals surface area contributed by atoms with Gasteiger partial charge in [0.2, 0.25) is 5.88 Å². The van der Waals surface area contributed by atoms with Crippen LogP contribution in [0.25, 0.3) is 0 Å². The normalized spacial score (nSPS) is 12.3. The van der Waals surface area contributed by atoms with Gasteiger partial charge in [0.1, 0.15) is 0 Å². The molecule has 1 aromatic carbocycles. The zero-order valence-corrected chi connectivity index (χ0v) is 12.0. The Balaban J connectivity index is 2.20. The maximum atomic E-state index is 12.4. The Morgan fingerprint density at radius 3 is 2.43 bits per heavy atom. The van der Waals surface area contributed by atoms with Crippen LogP contribution in [0.15, 0.2) is 36.4 Å². The molecule has 0 bridgehead atoms. The van der Waals surface area contributed by atoms with Gasteiger partial charge in [-0.1, -0.05) is 44.2 Å². The second kappa shape index (κ2) is 6.35. The molecule has 2 aromatic rings. The molecule has 0 spiro atoms. The summed E-state index contributed by atoms with van der Waals surface area (Å²) in [4.78, 5) is 14.6. The van der Waals surface area contributed by atoms with Crippen molar-refractivity contribution >= 4 is 5.97 Å². The zero-order valence-electron chi connectivity index (χ0n) is 12.0. The number of aromatic nitrogens is 1. The van der Waals surface area contributed by atoms with Gasteiger partial charge in [0, 0.05) is 6.07 Å². The van der Waals surface area contributed by atoms with Gasteiger partial charge in [-0.15, -0.1) is 0 Å². The van der Waals surface area contributed by atoms with Gasteiger partial charge in [-0.05, 0) is 17.9 Å². The Bertz CT molecular complexity index is 604. The van der Waals surface area contributed by atoms with Gasteiger partial charge < -0.3 is 14.9 Å². The first-order valence-corrected chi connectivity index (χ1v) is 6.85.